The Morgan fingerprint density at radius 2 is 2.00 bits per heavy atom. The summed E-state index contributed by atoms with van der Waals surface area (Å²) >= 11 is 0. The zero-order valence-corrected chi connectivity index (χ0v) is 11.0. The number of hydrogen-bond donors (Lipinski definition) is 2. The molecule has 0 saturated carbocycles. The molecule has 0 spiro atoms. The van der Waals surface area contributed by atoms with Gasteiger partial charge in [-0.25, -0.2) is 0 Å². The summed E-state index contributed by atoms with van der Waals surface area (Å²) in [6.07, 6.45) is 0.405. The van der Waals surface area contributed by atoms with Crippen LogP contribution in [0.15, 0.2) is 24.3 Å². The lowest BCUT2D eigenvalue weighted by Gasteiger charge is -2.11. The maximum atomic E-state index is 11.8. The lowest BCUT2D eigenvalue weighted by Crippen LogP contribution is -2.22. The minimum absolute atomic E-state index is 0.0706. The lowest BCUT2D eigenvalue weighted by molar-refractivity contribution is -0.116. The summed E-state index contributed by atoms with van der Waals surface area (Å²) in [4.78, 5) is 24.8. The number of carbonyl (C=O) groups is 2. The van der Waals surface area contributed by atoms with Crippen LogP contribution in [0.4, 0.5) is 5.69 Å². The van der Waals surface area contributed by atoms with Crippen LogP contribution in [-0.2, 0) is 4.79 Å². The number of rotatable bonds is 5. The van der Waals surface area contributed by atoms with E-state index in [0.717, 1.165) is 0 Å². The molecule has 0 radical (unpaired) electrons. The van der Waals surface area contributed by atoms with Crippen LogP contribution in [0, 0.1) is 0 Å². The van der Waals surface area contributed by atoms with Crippen LogP contribution in [0.2, 0.25) is 0 Å². The average molecular weight is 249 g/mol. The maximum absolute atomic E-state index is 11.8. The first kappa shape index (κ1) is 14.2. The van der Waals surface area contributed by atoms with Crippen LogP contribution in [0.25, 0.3) is 0 Å². The first-order valence-electron chi connectivity index (χ1n) is 5.80. The fourth-order valence-corrected chi connectivity index (χ4v) is 1.45. The van der Waals surface area contributed by atoms with Gasteiger partial charge < -0.3 is 15.5 Å². The van der Waals surface area contributed by atoms with Crippen molar-refractivity contribution in [3.63, 3.8) is 0 Å². The Morgan fingerprint density at radius 3 is 2.61 bits per heavy atom. The summed E-state index contributed by atoms with van der Waals surface area (Å²) in [6, 6.07) is 6.93. The molecule has 2 N–H and O–H groups in total. The van der Waals surface area contributed by atoms with E-state index in [2.05, 4.69) is 10.6 Å². The van der Waals surface area contributed by atoms with Gasteiger partial charge in [-0.2, -0.15) is 0 Å². The minimum atomic E-state index is -0.0821. The highest BCUT2D eigenvalue weighted by Gasteiger charge is 2.09. The van der Waals surface area contributed by atoms with E-state index in [0.29, 0.717) is 24.2 Å². The Bertz CT molecular complexity index is 430. The molecule has 18 heavy (non-hydrogen) atoms. The predicted octanol–water partition coefficient (Wildman–Crippen LogP) is 0.936. The fraction of sp³-hybridized carbons (Fsp3) is 0.385. The molecule has 98 valence electrons. The van der Waals surface area contributed by atoms with Gasteiger partial charge in [-0.3, -0.25) is 9.59 Å². The molecular weight excluding hydrogens is 230 g/mol. The Labute approximate surface area is 107 Å². The molecule has 0 bridgehead atoms. The van der Waals surface area contributed by atoms with Crippen molar-refractivity contribution < 1.29 is 9.59 Å². The number of nitrogens with zero attached hydrogens (tertiary/aromatic N) is 1. The first-order chi connectivity index (χ1) is 8.54. The third-order valence-electron chi connectivity index (χ3n) is 2.40. The molecule has 0 heterocycles. The van der Waals surface area contributed by atoms with Crippen molar-refractivity contribution in [1.29, 1.82) is 0 Å². The van der Waals surface area contributed by atoms with Gasteiger partial charge in [0.05, 0.1) is 0 Å². The number of amides is 2. The first-order valence-corrected chi connectivity index (χ1v) is 5.80. The van der Waals surface area contributed by atoms with Gasteiger partial charge in [0.25, 0.3) is 5.91 Å². The molecular formula is C13H19N3O2. The van der Waals surface area contributed by atoms with Crippen molar-refractivity contribution in [3.05, 3.63) is 29.8 Å². The molecule has 5 heteroatoms. The van der Waals surface area contributed by atoms with Crippen molar-refractivity contribution in [2.24, 2.45) is 0 Å². The monoisotopic (exact) mass is 249 g/mol. The van der Waals surface area contributed by atoms with Gasteiger partial charge in [0.1, 0.15) is 0 Å². The predicted molar refractivity (Wildman–Crippen MR) is 71.6 cm³/mol. The summed E-state index contributed by atoms with van der Waals surface area (Å²) in [5, 5.41) is 5.67. The summed E-state index contributed by atoms with van der Waals surface area (Å²) in [7, 11) is 5.19. The van der Waals surface area contributed by atoms with Crippen LogP contribution >= 0.6 is 0 Å². The minimum Gasteiger partial charge on any atom is -0.345 e. The molecule has 1 rings (SSSR count). The van der Waals surface area contributed by atoms with Gasteiger partial charge in [-0.1, -0.05) is 6.07 Å². The van der Waals surface area contributed by atoms with Crippen molar-refractivity contribution in [3.8, 4) is 0 Å². The third kappa shape index (κ3) is 4.18. The van der Waals surface area contributed by atoms with Gasteiger partial charge in [-0.05, 0) is 25.2 Å². The van der Waals surface area contributed by atoms with Crippen molar-refractivity contribution >= 4 is 17.5 Å². The van der Waals surface area contributed by atoms with Gasteiger partial charge >= 0.3 is 0 Å². The van der Waals surface area contributed by atoms with E-state index < -0.39 is 0 Å². The number of benzene rings is 1. The zero-order chi connectivity index (χ0) is 13.5. The second-order valence-corrected chi connectivity index (χ2v) is 4.18. The van der Waals surface area contributed by atoms with E-state index >= 15 is 0 Å². The fourth-order valence-electron chi connectivity index (χ4n) is 1.45. The van der Waals surface area contributed by atoms with Crippen LogP contribution in [0.3, 0.4) is 0 Å². The molecule has 0 aliphatic carbocycles. The zero-order valence-electron chi connectivity index (χ0n) is 11.0. The molecule has 0 unspecified atom stereocenters. The van der Waals surface area contributed by atoms with E-state index in [1.807, 2.05) is 0 Å². The SMILES string of the molecule is CNCCC(=O)Nc1cccc(C(=O)N(C)C)c1. The topological polar surface area (TPSA) is 61.4 Å². The van der Waals surface area contributed by atoms with E-state index in [-0.39, 0.29) is 11.8 Å². The molecule has 0 aliphatic rings. The molecule has 1 aromatic carbocycles. The van der Waals surface area contributed by atoms with Gasteiger partial charge in [0.2, 0.25) is 5.91 Å². The maximum Gasteiger partial charge on any atom is 0.253 e. The Morgan fingerprint density at radius 1 is 1.28 bits per heavy atom. The van der Waals surface area contributed by atoms with Crippen molar-refractivity contribution in [1.82, 2.24) is 10.2 Å². The molecule has 5 nitrogen and oxygen atoms in total. The van der Waals surface area contributed by atoms with Crippen LogP contribution < -0.4 is 10.6 Å². The second kappa shape index (κ2) is 6.76. The standard InChI is InChI=1S/C13H19N3O2/c1-14-8-7-12(17)15-11-6-4-5-10(9-11)13(18)16(2)3/h4-6,9,14H,7-8H2,1-3H3,(H,15,17). The largest absolute Gasteiger partial charge is 0.345 e. The number of hydrogen-bond acceptors (Lipinski definition) is 3. The van der Waals surface area contributed by atoms with E-state index in [4.69, 9.17) is 0 Å². The van der Waals surface area contributed by atoms with Gasteiger partial charge in [0, 0.05) is 38.3 Å². The molecule has 1 aromatic rings. The molecule has 0 atom stereocenters. The van der Waals surface area contributed by atoms with E-state index in [9.17, 15) is 9.59 Å². The molecule has 0 aliphatic heterocycles. The van der Waals surface area contributed by atoms with Gasteiger partial charge in [-0.15, -0.1) is 0 Å². The second-order valence-electron chi connectivity index (χ2n) is 4.18. The molecule has 0 fully saturated rings. The molecule has 0 aromatic heterocycles. The quantitative estimate of drug-likeness (QED) is 0.816. The van der Waals surface area contributed by atoms with Crippen LogP contribution in [-0.4, -0.2) is 44.4 Å². The normalized spacial score (nSPS) is 9.94. The summed E-state index contributed by atoms with van der Waals surface area (Å²) in [5.41, 5.74) is 1.20. The van der Waals surface area contributed by atoms with Crippen LogP contribution in [0.5, 0.6) is 0 Å². The van der Waals surface area contributed by atoms with E-state index in [1.165, 1.54) is 4.90 Å². The van der Waals surface area contributed by atoms with Crippen molar-refractivity contribution in [2.75, 3.05) is 33.0 Å². The Kier molecular flexibility index (Phi) is 5.32. The number of anilines is 1. The summed E-state index contributed by atoms with van der Waals surface area (Å²) < 4.78 is 0. The summed E-state index contributed by atoms with van der Waals surface area (Å²) in [6.45, 7) is 0.627. The highest BCUT2D eigenvalue weighted by molar-refractivity contribution is 5.97. The lowest BCUT2D eigenvalue weighted by atomic mass is 10.2. The van der Waals surface area contributed by atoms with Crippen LogP contribution in [0.1, 0.15) is 16.8 Å². The molecule has 0 saturated heterocycles. The number of nitrogens with one attached hydrogen (secondary N) is 2. The Hall–Kier alpha value is -1.88. The smallest absolute Gasteiger partial charge is 0.253 e. The highest BCUT2D eigenvalue weighted by Crippen LogP contribution is 2.12. The summed E-state index contributed by atoms with van der Waals surface area (Å²) in [5.74, 6) is -0.153. The van der Waals surface area contributed by atoms with Gasteiger partial charge in [0.15, 0.2) is 0 Å². The van der Waals surface area contributed by atoms with Crippen molar-refractivity contribution in [2.45, 2.75) is 6.42 Å². The highest BCUT2D eigenvalue weighted by atomic mass is 16.2. The Balaban J connectivity index is 2.70. The number of carbonyl (C=O) groups excluding carboxylic acids is 2. The average Bonchev–Trinajstić information content (AvgIpc) is 2.35. The molecule has 2 amide bonds. The van der Waals surface area contributed by atoms with E-state index in [1.54, 1.807) is 45.4 Å². The third-order valence-corrected chi connectivity index (χ3v) is 2.40.